The molecular weight excluding hydrogens is 282 g/mol. The molecule has 0 spiro atoms. The predicted molar refractivity (Wildman–Crippen MR) is 75.0 cm³/mol. The highest BCUT2D eigenvalue weighted by Gasteiger charge is 2.20. The van der Waals surface area contributed by atoms with Gasteiger partial charge in [-0.3, -0.25) is 4.79 Å². The number of hydrazine groups is 1. The zero-order valence-electron chi connectivity index (χ0n) is 11.9. The van der Waals surface area contributed by atoms with Crippen LogP contribution in [-0.4, -0.2) is 47.0 Å². The first-order valence-corrected chi connectivity index (χ1v) is 6.67. The molecule has 1 aromatic heterocycles. The summed E-state index contributed by atoms with van der Waals surface area (Å²) in [6, 6.07) is 2.96. The van der Waals surface area contributed by atoms with Crippen LogP contribution in [0.3, 0.4) is 0 Å². The van der Waals surface area contributed by atoms with Gasteiger partial charge in [-0.05, 0) is 18.6 Å². The lowest BCUT2D eigenvalue weighted by Gasteiger charge is -2.21. The fourth-order valence-corrected chi connectivity index (χ4v) is 1.91. The number of amides is 1. The largest absolute Gasteiger partial charge is 0.395 e. The monoisotopic (exact) mass is 302 g/mol. The van der Waals surface area contributed by atoms with Crippen LogP contribution in [-0.2, 0) is 6.42 Å². The van der Waals surface area contributed by atoms with E-state index in [4.69, 9.17) is 10.9 Å². The molecule has 1 aromatic rings. The van der Waals surface area contributed by atoms with Gasteiger partial charge in [0.05, 0.1) is 13.2 Å². The third-order valence-electron chi connectivity index (χ3n) is 2.79. The SMILES string of the molecule is CCCc1cc(C(=O)N(CCO)CC(F)F)cc(NN)n1. The van der Waals surface area contributed by atoms with Crippen molar-refractivity contribution in [2.45, 2.75) is 26.2 Å². The van der Waals surface area contributed by atoms with Gasteiger partial charge in [0.2, 0.25) is 0 Å². The van der Waals surface area contributed by atoms with Crippen LogP contribution in [0.5, 0.6) is 0 Å². The summed E-state index contributed by atoms with van der Waals surface area (Å²) in [6.07, 6.45) is -1.19. The summed E-state index contributed by atoms with van der Waals surface area (Å²) in [5.74, 6) is 5.02. The number of anilines is 1. The van der Waals surface area contributed by atoms with Gasteiger partial charge in [0, 0.05) is 17.8 Å². The van der Waals surface area contributed by atoms with Crippen LogP contribution in [0.4, 0.5) is 14.6 Å². The second-order valence-electron chi connectivity index (χ2n) is 4.49. The Hall–Kier alpha value is -1.80. The Morgan fingerprint density at radius 3 is 2.76 bits per heavy atom. The molecule has 0 aliphatic rings. The normalized spacial score (nSPS) is 10.8. The average molecular weight is 302 g/mol. The van der Waals surface area contributed by atoms with Crippen LogP contribution in [0.25, 0.3) is 0 Å². The molecule has 0 bridgehead atoms. The smallest absolute Gasteiger partial charge is 0.255 e. The number of aryl methyl sites for hydroxylation is 1. The molecule has 0 unspecified atom stereocenters. The van der Waals surface area contributed by atoms with Gasteiger partial charge >= 0.3 is 0 Å². The van der Waals surface area contributed by atoms with Crippen molar-refractivity contribution in [3.63, 3.8) is 0 Å². The minimum atomic E-state index is -2.66. The van der Waals surface area contributed by atoms with Crippen molar-refractivity contribution in [1.29, 1.82) is 0 Å². The number of hydrogen-bond donors (Lipinski definition) is 3. The Balaban J connectivity index is 3.04. The summed E-state index contributed by atoms with van der Waals surface area (Å²) in [5.41, 5.74) is 3.22. The number of rotatable bonds is 8. The standard InChI is InChI=1S/C13H20F2N4O2/c1-2-3-10-6-9(7-12(17-10)18-16)13(21)19(4-5-20)8-11(14)15/h6-7,11,20H,2-5,8,16H2,1H3,(H,17,18). The Morgan fingerprint density at radius 2 is 2.24 bits per heavy atom. The molecule has 0 aromatic carbocycles. The van der Waals surface area contributed by atoms with Crippen molar-refractivity contribution >= 4 is 11.7 Å². The van der Waals surface area contributed by atoms with Gasteiger partial charge in [-0.15, -0.1) is 0 Å². The van der Waals surface area contributed by atoms with Crippen LogP contribution in [0.1, 0.15) is 29.4 Å². The van der Waals surface area contributed by atoms with Crippen molar-refractivity contribution in [3.05, 3.63) is 23.4 Å². The first kappa shape index (κ1) is 17.3. The summed E-state index contributed by atoms with van der Waals surface area (Å²) in [6.45, 7) is 0.699. The number of halogens is 2. The number of alkyl halides is 2. The van der Waals surface area contributed by atoms with Gasteiger partial charge in [-0.25, -0.2) is 19.6 Å². The molecule has 1 amide bonds. The number of nitrogens with two attached hydrogens (primary N) is 1. The number of hydrogen-bond acceptors (Lipinski definition) is 5. The van der Waals surface area contributed by atoms with Crippen LogP contribution in [0.2, 0.25) is 0 Å². The number of pyridine rings is 1. The van der Waals surface area contributed by atoms with Gasteiger partial charge in [-0.2, -0.15) is 0 Å². The number of carbonyl (C=O) groups is 1. The lowest BCUT2D eigenvalue weighted by molar-refractivity contribution is 0.0509. The topological polar surface area (TPSA) is 91.5 Å². The van der Waals surface area contributed by atoms with E-state index >= 15 is 0 Å². The predicted octanol–water partition coefficient (Wildman–Crippen LogP) is 1.02. The van der Waals surface area contributed by atoms with Crippen molar-refractivity contribution in [1.82, 2.24) is 9.88 Å². The van der Waals surface area contributed by atoms with E-state index < -0.39 is 18.9 Å². The number of nitrogen functional groups attached to an aromatic ring is 1. The van der Waals surface area contributed by atoms with E-state index in [1.54, 1.807) is 6.07 Å². The molecule has 0 aliphatic carbocycles. The second-order valence-corrected chi connectivity index (χ2v) is 4.49. The number of nitrogens with zero attached hydrogens (tertiary/aromatic N) is 2. The van der Waals surface area contributed by atoms with E-state index in [-0.39, 0.29) is 18.7 Å². The van der Waals surface area contributed by atoms with Gasteiger partial charge in [0.1, 0.15) is 5.82 Å². The number of aliphatic hydroxyl groups excluding tert-OH is 1. The molecule has 8 heteroatoms. The summed E-state index contributed by atoms with van der Waals surface area (Å²) < 4.78 is 25.0. The quantitative estimate of drug-likeness (QED) is 0.492. The Labute approximate surface area is 121 Å². The Kier molecular flexibility index (Phi) is 6.97. The maximum absolute atomic E-state index is 12.5. The van der Waals surface area contributed by atoms with Crippen molar-refractivity contribution < 1.29 is 18.7 Å². The van der Waals surface area contributed by atoms with Crippen LogP contribution in [0, 0.1) is 0 Å². The third-order valence-corrected chi connectivity index (χ3v) is 2.79. The molecule has 21 heavy (non-hydrogen) atoms. The van der Waals surface area contributed by atoms with E-state index in [2.05, 4.69) is 10.4 Å². The molecule has 6 nitrogen and oxygen atoms in total. The highest BCUT2D eigenvalue weighted by atomic mass is 19.3. The van der Waals surface area contributed by atoms with Crippen molar-refractivity contribution in [2.24, 2.45) is 5.84 Å². The highest BCUT2D eigenvalue weighted by Crippen LogP contribution is 2.14. The number of aliphatic hydroxyl groups is 1. The molecule has 118 valence electrons. The number of aromatic nitrogens is 1. The summed E-state index contributed by atoms with van der Waals surface area (Å²) in [7, 11) is 0. The summed E-state index contributed by atoms with van der Waals surface area (Å²) in [4.78, 5) is 17.4. The zero-order chi connectivity index (χ0) is 15.8. The maximum Gasteiger partial charge on any atom is 0.255 e. The lowest BCUT2D eigenvalue weighted by Crippen LogP contribution is -2.37. The van der Waals surface area contributed by atoms with Crippen LogP contribution >= 0.6 is 0 Å². The molecule has 0 saturated heterocycles. The van der Waals surface area contributed by atoms with Crippen LogP contribution in [0.15, 0.2) is 12.1 Å². The summed E-state index contributed by atoms with van der Waals surface area (Å²) >= 11 is 0. The third kappa shape index (κ3) is 5.24. The first-order chi connectivity index (χ1) is 10.0. The van der Waals surface area contributed by atoms with E-state index in [0.29, 0.717) is 17.9 Å². The van der Waals surface area contributed by atoms with E-state index in [0.717, 1.165) is 11.3 Å². The van der Waals surface area contributed by atoms with Crippen LogP contribution < -0.4 is 11.3 Å². The molecule has 0 aliphatic heterocycles. The van der Waals surface area contributed by atoms with E-state index in [1.165, 1.54) is 6.07 Å². The fraction of sp³-hybridized carbons (Fsp3) is 0.538. The molecule has 0 fully saturated rings. The lowest BCUT2D eigenvalue weighted by atomic mass is 10.1. The van der Waals surface area contributed by atoms with Crippen molar-refractivity contribution in [2.75, 3.05) is 25.1 Å². The highest BCUT2D eigenvalue weighted by molar-refractivity contribution is 5.95. The number of nitrogens with one attached hydrogen (secondary N) is 1. The molecule has 0 saturated carbocycles. The minimum Gasteiger partial charge on any atom is -0.395 e. The van der Waals surface area contributed by atoms with Gasteiger partial charge < -0.3 is 15.4 Å². The van der Waals surface area contributed by atoms with Gasteiger partial charge in [0.15, 0.2) is 0 Å². The van der Waals surface area contributed by atoms with Gasteiger partial charge in [0.25, 0.3) is 12.3 Å². The second kappa shape index (κ2) is 8.48. The zero-order valence-corrected chi connectivity index (χ0v) is 11.9. The Morgan fingerprint density at radius 1 is 1.52 bits per heavy atom. The molecule has 1 rings (SSSR count). The Bertz CT molecular complexity index is 471. The van der Waals surface area contributed by atoms with Crippen molar-refractivity contribution in [3.8, 4) is 0 Å². The molecule has 0 atom stereocenters. The maximum atomic E-state index is 12.5. The fourth-order valence-electron chi connectivity index (χ4n) is 1.91. The minimum absolute atomic E-state index is 0.153. The average Bonchev–Trinajstić information content (AvgIpc) is 2.45. The van der Waals surface area contributed by atoms with E-state index in [9.17, 15) is 13.6 Å². The molecular formula is C13H20F2N4O2. The number of carbonyl (C=O) groups excluding carboxylic acids is 1. The summed E-state index contributed by atoms with van der Waals surface area (Å²) in [5, 5.41) is 8.90. The molecule has 1 heterocycles. The first-order valence-electron chi connectivity index (χ1n) is 6.67. The molecule has 4 N–H and O–H groups in total. The molecule has 0 radical (unpaired) electrons. The van der Waals surface area contributed by atoms with Gasteiger partial charge in [-0.1, -0.05) is 13.3 Å². The van der Waals surface area contributed by atoms with E-state index in [1.807, 2.05) is 6.92 Å².